The van der Waals surface area contributed by atoms with E-state index < -0.39 is 4.33 Å². The minimum absolute atomic E-state index is 0.322. The number of para-hydroxylation sites is 1. The van der Waals surface area contributed by atoms with Gasteiger partial charge < -0.3 is 0 Å². The lowest BCUT2D eigenvalue weighted by Crippen LogP contribution is -2.02. The Morgan fingerprint density at radius 3 is 2.84 bits per heavy atom. The fourth-order valence-corrected chi connectivity index (χ4v) is 3.66. The number of aromatic nitrogens is 4. The molecule has 1 atom stereocenters. The smallest absolute Gasteiger partial charge is 0.187 e. The van der Waals surface area contributed by atoms with E-state index in [1.54, 1.807) is 16.4 Å². The first-order valence-electron chi connectivity index (χ1n) is 5.93. The third-order valence-electron chi connectivity index (χ3n) is 3.15. The molecule has 19 heavy (non-hydrogen) atoms. The highest BCUT2D eigenvalue weighted by atomic mass is 35.5. The Hall–Kier alpha value is -0.780. The number of benzene rings is 1. The number of thioether (sulfide) groups is 1. The molecule has 0 amide bonds. The van der Waals surface area contributed by atoms with Crippen LogP contribution in [0.2, 0.25) is 0 Å². The van der Waals surface area contributed by atoms with Crippen LogP contribution >= 0.6 is 35.0 Å². The maximum absolute atomic E-state index is 6.02. The molecule has 1 saturated carbocycles. The summed E-state index contributed by atoms with van der Waals surface area (Å²) in [5.41, 5.74) is 2.13. The molecular weight excluding hydrogens is 303 g/mol. The largest absolute Gasteiger partial charge is 0.214 e. The van der Waals surface area contributed by atoms with Gasteiger partial charge in [-0.25, -0.2) is 0 Å². The van der Waals surface area contributed by atoms with Gasteiger partial charge in [-0.2, -0.15) is 4.68 Å². The van der Waals surface area contributed by atoms with Crippen molar-refractivity contribution in [1.82, 2.24) is 20.2 Å². The van der Waals surface area contributed by atoms with E-state index in [-0.39, 0.29) is 0 Å². The van der Waals surface area contributed by atoms with Crippen molar-refractivity contribution in [2.24, 2.45) is 5.92 Å². The van der Waals surface area contributed by atoms with E-state index in [1.807, 2.05) is 31.2 Å². The molecular formula is C12H12Cl2N4S. The van der Waals surface area contributed by atoms with E-state index in [0.29, 0.717) is 5.92 Å². The van der Waals surface area contributed by atoms with E-state index in [9.17, 15) is 0 Å². The molecule has 100 valence electrons. The van der Waals surface area contributed by atoms with Crippen LogP contribution in [0.15, 0.2) is 29.4 Å². The lowest BCUT2D eigenvalue weighted by atomic mass is 10.2. The van der Waals surface area contributed by atoms with Crippen LogP contribution in [-0.4, -0.2) is 30.3 Å². The molecule has 3 rings (SSSR count). The monoisotopic (exact) mass is 314 g/mol. The number of alkyl halides is 2. The van der Waals surface area contributed by atoms with Gasteiger partial charge in [0.05, 0.1) is 5.69 Å². The summed E-state index contributed by atoms with van der Waals surface area (Å²) in [7, 11) is 0. The van der Waals surface area contributed by atoms with Crippen molar-refractivity contribution in [2.75, 3.05) is 5.75 Å². The van der Waals surface area contributed by atoms with Gasteiger partial charge in [0, 0.05) is 11.7 Å². The van der Waals surface area contributed by atoms with Crippen molar-refractivity contribution in [1.29, 1.82) is 0 Å². The second kappa shape index (κ2) is 4.96. The Morgan fingerprint density at radius 1 is 1.42 bits per heavy atom. The SMILES string of the molecule is Cc1ccccc1-n1nnnc1SCC1CC1(Cl)Cl. The zero-order valence-corrected chi connectivity index (χ0v) is 12.6. The number of nitrogens with zero attached hydrogens (tertiary/aromatic N) is 4. The van der Waals surface area contributed by atoms with Crippen LogP contribution in [0.4, 0.5) is 0 Å². The fourth-order valence-electron chi connectivity index (χ4n) is 1.85. The van der Waals surface area contributed by atoms with Crippen molar-refractivity contribution in [2.45, 2.75) is 22.8 Å². The van der Waals surface area contributed by atoms with Crippen molar-refractivity contribution in [3.8, 4) is 5.69 Å². The molecule has 1 aliphatic rings. The zero-order valence-electron chi connectivity index (χ0n) is 10.3. The van der Waals surface area contributed by atoms with Gasteiger partial charge in [-0.05, 0) is 35.4 Å². The Balaban J connectivity index is 1.77. The molecule has 7 heteroatoms. The number of halogens is 2. The summed E-state index contributed by atoms with van der Waals surface area (Å²) in [6.07, 6.45) is 0.842. The molecule has 0 spiro atoms. The number of rotatable bonds is 4. The molecule has 1 heterocycles. The van der Waals surface area contributed by atoms with Gasteiger partial charge in [0.15, 0.2) is 0 Å². The highest BCUT2D eigenvalue weighted by Crippen LogP contribution is 2.54. The van der Waals surface area contributed by atoms with Crippen LogP contribution < -0.4 is 0 Å². The van der Waals surface area contributed by atoms with Crippen LogP contribution in [0.25, 0.3) is 5.69 Å². The molecule has 4 nitrogen and oxygen atoms in total. The summed E-state index contributed by atoms with van der Waals surface area (Å²) in [6.45, 7) is 2.04. The molecule has 1 aromatic carbocycles. The summed E-state index contributed by atoms with van der Waals surface area (Å²) in [5, 5.41) is 12.6. The van der Waals surface area contributed by atoms with Gasteiger partial charge in [-0.1, -0.05) is 30.0 Å². The maximum Gasteiger partial charge on any atom is 0.214 e. The normalized spacial score (nSPS) is 20.5. The van der Waals surface area contributed by atoms with Crippen LogP contribution in [0, 0.1) is 12.8 Å². The summed E-state index contributed by atoms with van der Waals surface area (Å²) in [4.78, 5) is 0. The van der Waals surface area contributed by atoms with E-state index in [2.05, 4.69) is 15.5 Å². The van der Waals surface area contributed by atoms with Gasteiger partial charge in [0.25, 0.3) is 0 Å². The molecule has 1 unspecified atom stereocenters. The average molecular weight is 315 g/mol. The molecule has 2 aromatic rings. The highest BCUT2D eigenvalue weighted by Gasteiger charge is 2.51. The van der Waals surface area contributed by atoms with Crippen molar-refractivity contribution < 1.29 is 0 Å². The molecule has 0 saturated heterocycles. The lowest BCUT2D eigenvalue weighted by Gasteiger charge is -2.06. The van der Waals surface area contributed by atoms with E-state index in [4.69, 9.17) is 23.2 Å². The molecule has 0 radical (unpaired) electrons. The van der Waals surface area contributed by atoms with Gasteiger partial charge in [-0.3, -0.25) is 0 Å². The Morgan fingerprint density at radius 2 is 2.16 bits per heavy atom. The maximum atomic E-state index is 6.02. The van der Waals surface area contributed by atoms with E-state index >= 15 is 0 Å². The summed E-state index contributed by atoms with van der Waals surface area (Å²) in [6, 6.07) is 8.01. The van der Waals surface area contributed by atoms with E-state index in [1.165, 1.54) is 0 Å². The molecule has 0 bridgehead atoms. The third kappa shape index (κ3) is 2.73. The van der Waals surface area contributed by atoms with Crippen LogP contribution in [0.5, 0.6) is 0 Å². The number of aryl methyl sites for hydroxylation is 1. The highest BCUT2D eigenvalue weighted by molar-refractivity contribution is 7.99. The zero-order chi connectivity index (χ0) is 13.5. The average Bonchev–Trinajstić information content (AvgIpc) is 2.79. The lowest BCUT2D eigenvalue weighted by molar-refractivity contribution is 0.751. The molecule has 1 fully saturated rings. The summed E-state index contributed by atoms with van der Waals surface area (Å²) >= 11 is 13.6. The second-order valence-corrected chi connectivity index (χ2v) is 7.16. The molecule has 1 aliphatic carbocycles. The third-order valence-corrected chi connectivity index (χ3v) is 5.16. The summed E-state index contributed by atoms with van der Waals surface area (Å²) in [5.74, 6) is 1.15. The van der Waals surface area contributed by atoms with Gasteiger partial charge >= 0.3 is 0 Å². The van der Waals surface area contributed by atoms with Crippen molar-refractivity contribution >= 4 is 35.0 Å². The molecule has 0 aliphatic heterocycles. The Bertz CT molecular complexity index is 599. The van der Waals surface area contributed by atoms with Crippen molar-refractivity contribution in [3.63, 3.8) is 0 Å². The van der Waals surface area contributed by atoms with Gasteiger partial charge in [0.1, 0.15) is 4.33 Å². The minimum atomic E-state index is -0.548. The second-order valence-electron chi connectivity index (χ2n) is 4.63. The van der Waals surface area contributed by atoms with E-state index in [0.717, 1.165) is 28.6 Å². The first-order chi connectivity index (χ1) is 9.08. The van der Waals surface area contributed by atoms with Crippen molar-refractivity contribution in [3.05, 3.63) is 29.8 Å². The number of tetrazole rings is 1. The topological polar surface area (TPSA) is 43.6 Å². The molecule has 1 aromatic heterocycles. The van der Waals surface area contributed by atoms with Crippen LogP contribution in [-0.2, 0) is 0 Å². The Labute approximate surface area is 125 Å². The summed E-state index contributed by atoms with van der Waals surface area (Å²) < 4.78 is 1.21. The first-order valence-corrected chi connectivity index (χ1v) is 7.67. The van der Waals surface area contributed by atoms with Crippen LogP contribution in [0.3, 0.4) is 0 Å². The predicted octanol–water partition coefficient (Wildman–Crippen LogP) is 3.26. The van der Waals surface area contributed by atoms with Gasteiger partial charge in [0.2, 0.25) is 5.16 Å². The molecule has 0 N–H and O–H groups in total. The predicted molar refractivity (Wildman–Crippen MR) is 77.2 cm³/mol. The standard InChI is InChI=1S/C12H12Cl2N4S/c1-8-4-2-3-5-10(8)18-11(15-16-17-18)19-7-9-6-12(9,13)14/h2-5,9H,6-7H2,1H3. The Kier molecular flexibility index (Phi) is 3.45. The quantitative estimate of drug-likeness (QED) is 0.642. The minimum Gasteiger partial charge on any atom is -0.187 e. The fraction of sp³-hybridized carbons (Fsp3) is 0.417. The number of hydrogen-bond donors (Lipinski definition) is 0. The van der Waals surface area contributed by atoms with Gasteiger partial charge in [-0.15, -0.1) is 28.3 Å². The number of hydrogen-bond acceptors (Lipinski definition) is 4. The van der Waals surface area contributed by atoms with Crippen LogP contribution in [0.1, 0.15) is 12.0 Å². The first kappa shape index (κ1) is 13.2.